The van der Waals surface area contributed by atoms with Crippen LogP contribution < -0.4 is 10.6 Å². The van der Waals surface area contributed by atoms with E-state index in [1.165, 1.54) is 0 Å². The second-order valence-electron chi connectivity index (χ2n) is 5.25. The van der Waals surface area contributed by atoms with Gasteiger partial charge in [-0.3, -0.25) is 10.3 Å². The molecule has 0 aliphatic rings. The molecule has 0 aliphatic carbocycles. The topological polar surface area (TPSA) is 80.0 Å². The zero-order valence-electron chi connectivity index (χ0n) is 13.5. The maximum absolute atomic E-state index is 12.0. The minimum atomic E-state index is -0.392. The van der Waals surface area contributed by atoms with Crippen LogP contribution in [0.25, 0.3) is 5.57 Å². The highest BCUT2D eigenvalue weighted by Gasteiger charge is 2.08. The van der Waals surface area contributed by atoms with Gasteiger partial charge in [-0.25, -0.2) is 4.79 Å². The molecule has 2 heterocycles. The molecular formula is C18H16N4O2S. The van der Waals surface area contributed by atoms with E-state index >= 15 is 0 Å². The number of benzene rings is 1. The van der Waals surface area contributed by atoms with Crippen LogP contribution in [0.4, 0.5) is 16.3 Å². The number of urea groups is 1. The van der Waals surface area contributed by atoms with Crippen molar-refractivity contribution in [1.29, 1.82) is 0 Å². The molecule has 0 unspecified atom stereocenters. The highest BCUT2D eigenvalue weighted by Crippen LogP contribution is 2.27. The van der Waals surface area contributed by atoms with E-state index < -0.39 is 6.03 Å². The van der Waals surface area contributed by atoms with Gasteiger partial charge in [0.1, 0.15) is 0 Å². The SMILES string of the molecule is C=C(C)c1cc(NC(=O)Nc2ccc(Sc3ccncc3)cc2)no1. The summed E-state index contributed by atoms with van der Waals surface area (Å²) >= 11 is 1.62. The average molecular weight is 352 g/mol. The van der Waals surface area contributed by atoms with Gasteiger partial charge in [-0.2, -0.15) is 0 Å². The molecule has 0 saturated carbocycles. The summed E-state index contributed by atoms with van der Waals surface area (Å²) in [5.74, 6) is 0.869. The molecular weight excluding hydrogens is 336 g/mol. The Labute approximate surface area is 149 Å². The fourth-order valence-electron chi connectivity index (χ4n) is 1.96. The van der Waals surface area contributed by atoms with Crippen molar-refractivity contribution < 1.29 is 9.32 Å². The summed E-state index contributed by atoms with van der Waals surface area (Å²) in [6, 6.07) is 12.7. The molecule has 7 heteroatoms. The first-order chi connectivity index (χ1) is 12.1. The van der Waals surface area contributed by atoms with Crippen molar-refractivity contribution in [3.63, 3.8) is 0 Å². The van der Waals surface area contributed by atoms with Gasteiger partial charge in [0.25, 0.3) is 0 Å². The van der Waals surface area contributed by atoms with Gasteiger partial charge in [-0.05, 0) is 48.9 Å². The lowest BCUT2D eigenvalue weighted by Gasteiger charge is -2.06. The van der Waals surface area contributed by atoms with Gasteiger partial charge in [0.15, 0.2) is 11.6 Å². The number of allylic oxidation sites excluding steroid dienone is 1. The van der Waals surface area contributed by atoms with Crippen molar-refractivity contribution in [3.8, 4) is 0 Å². The van der Waals surface area contributed by atoms with Crippen molar-refractivity contribution in [3.05, 3.63) is 67.2 Å². The van der Waals surface area contributed by atoms with Crippen molar-refractivity contribution >= 4 is 34.9 Å². The van der Waals surface area contributed by atoms with E-state index in [0.717, 1.165) is 15.4 Å². The smallest absolute Gasteiger partial charge is 0.324 e. The van der Waals surface area contributed by atoms with Crippen LogP contribution >= 0.6 is 11.8 Å². The summed E-state index contributed by atoms with van der Waals surface area (Å²) in [6.45, 7) is 5.56. The minimum Gasteiger partial charge on any atom is -0.354 e. The van der Waals surface area contributed by atoms with Crippen LogP contribution in [0.2, 0.25) is 0 Å². The van der Waals surface area contributed by atoms with Crippen LogP contribution in [0.15, 0.2) is 75.8 Å². The number of carbonyl (C=O) groups is 1. The minimum absolute atomic E-state index is 0.334. The van der Waals surface area contributed by atoms with Crippen molar-refractivity contribution in [1.82, 2.24) is 10.1 Å². The molecule has 1 aromatic carbocycles. The van der Waals surface area contributed by atoms with Crippen LogP contribution in [0, 0.1) is 0 Å². The van der Waals surface area contributed by atoms with Crippen molar-refractivity contribution in [2.75, 3.05) is 10.6 Å². The third-order valence-corrected chi connectivity index (χ3v) is 4.19. The molecule has 126 valence electrons. The third-order valence-electron chi connectivity index (χ3n) is 3.17. The number of aromatic nitrogens is 2. The predicted octanol–water partition coefficient (Wildman–Crippen LogP) is 4.90. The summed E-state index contributed by atoms with van der Waals surface area (Å²) in [4.78, 5) is 18.2. The summed E-state index contributed by atoms with van der Waals surface area (Å²) in [5, 5.41) is 9.12. The van der Waals surface area contributed by atoms with Gasteiger partial charge in [-0.15, -0.1) is 0 Å². The Hall–Kier alpha value is -3.06. The molecule has 2 aromatic heterocycles. The largest absolute Gasteiger partial charge is 0.354 e. The lowest BCUT2D eigenvalue weighted by atomic mass is 10.3. The molecule has 2 amide bonds. The molecule has 0 aliphatic heterocycles. The number of rotatable bonds is 5. The molecule has 0 bridgehead atoms. The lowest BCUT2D eigenvalue weighted by molar-refractivity contribution is 0.262. The first-order valence-corrected chi connectivity index (χ1v) is 8.30. The Morgan fingerprint density at radius 3 is 2.40 bits per heavy atom. The van der Waals surface area contributed by atoms with Crippen molar-refractivity contribution in [2.24, 2.45) is 0 Å². The summed E-state index contributed by atoms with van der Waals surface area (Å²) in [5.41, 5.74) is 1.42. The average Bonchev–Trinajstić information content (AvgIpc) is 3.06. The number of nitrogens with zero attached hydrogens (tertiary/aromatic N) is 2. The molecule has 0 radical (unpaired) electrons. The third kappa shape index (κ3) is 4.71. The molecule has 2 N–H and O–H groups in total. The standard InChI is InChI=1S/C18H16N4O2S/c1-12(2)16-11-17(22-24-16)21-18(23)20-13-3-5-14(6-4-13)25-15-7-9-19-10-8-15/h3-11H,1H2,2H3,(H2,20,21,22,23). The van der Waals surface area contributed by atoms with Crippen molar-refractivity contribution in [2.45, 2.75) is 16.7 Å². The quantitative estimate of drug-likeness (QED) is 0.683. The number of anilines is 2. The molecule has 0 spiro atoms. The monoisotopic (exact) mass is 352 g/mol. The van der Waals surface area contributed by atoms with E-state index in [2.05, 4.69) is 27.4 Å². The fraction of sp³-hybridized carbons (Fsp3) is 0.0556. The second kappa shape index (κ2) is 7.67. The van der Waals surface area contributed by atoms with Gasteiger partial charge in [-0.1, -0.05) is 23.5 Å². The molecule has 0 saturated heterocycles. The zero-order valence-corrected chi connectivity index (χ0v) is 14.3. The number of nitrogens with one attached hydrogen (secondary N) is 2. The van der Waals surface area contributed by atoms with Gasteiger partial charge in [0.05, 0.1) is 0 Å². The van der Waals surface area contributed by atoms with E-state index in [9.17, 15) is 4.79 Å². The van der Waals surface area contributed by atoms with Crippen LogP contribution in [0.3, 0.4) is 0 Å². The normalized spacial score (nSPS) is 10.3. The summed E-state index contributed by atoms with van der Waals surface area (Å²) in [7, 11) is 0. The molecule has 3 rings (SSSR count). The number of amides is 2. The summed E-state index contributed by atoms with van der Waals surface area (Å²) in [6.07, 6.45) is 3.51. The van der Waals surface area contributed by atoms with E-state index in [0.29, 0.717) is 17.3 Å². The highest BCUT2D eigenvalue weighted by molar-refractivity contribution is 7.99. The van der Waals surface area contributed by atoms with Crippen LogP contribution in [-0.2, 0) is 0 Å². The maximum Gasteiger partial charge on any atom is 0.324 e. The van der Waals surface area contributed by atoms with Crippen LogP contribution in [0.5, 0.6) is 0 Å². The van der Waals surface area contributed by atoms with Gasteiger partial charge in [0.2, 0.25) is 0 Å². The van der Waals surface area contributed by atoms with E-state index in [-0.39, 0.29) is 0 Å². The van der Waals surface area contributed by atoms with E-state index in [4.69, 9.17) is 4.52 Å². The Bertz CT molecular complexity index is 876. The maximum atomic E-state index is 12.0. The summed E-state index contributed by atoms with van der Waals surface area (Å²) < 4.78 is 5.05. The first kappa shape index (κ1) is 16.8. The predicted molar refractivity (Wildman–Crippen MR) is 98.7 cm³/mol. The van der Waals surface area contributed by atoms with Crippen LogP contribution in [-0.4, -0.2) is 16.2 Å². The molecule has 3 aromatic rings. The highest BCUT2D eigenvalue weighted by atomic mass is 32.2. The van der Waals surface area contributed by atoms with E-state index in [1.54, 1.807) is 37.1 Å². The first-order valence-electron chi connectivity index (χ1n) is 7.49. The lowest BCUT2D eigenvalue weighted by Crippen LogP contribution is -2.19. The Morgan fingerprint density at radius 1 is 1.08 bits per heavy atom. The van der Waals surface area contributed by atoms with E-state index in [1.807, 2.05) is 36.4 Å². The number of carbonyl (C=O) groups excluding carboxylic acids is 1. The van der Waals surface area contributed by atoms with Crippen LogP contribution in [0.1, 0.15) is 12.7 Å². The van der Waals surface area contributed by atoms with Gasteiger partial charge < -0.3 is 9.84 Å². The Kier molecular flexibility index (Phi) is 5.15. The molecule has 0 fully saturated rings. The Morgan fingerprint density at radius 2 is 1.76 bits per heavy atom. The number of pyridine rings is 1. The Balaban J connectivity index is 1.57. The van der Waals surface area contributed by atoms with Gasteiger partial charge in [0, 0.05) is 33.9 Å². The number of hydrogen-bond donors (Lipinski definition) is 2. The van der Waals surface area contributed by atoms with Gasteiger partial charge >= 0.3 is 6.03 Å². The molecule has 0 atom stereocenters. The zero-order chi connectivity index (χ0) is 17.6. The second-order valence-corrected chi connectivity index (χ2v) is 6.39. The number of hydrogen-bond acceptors (Lipinski definition) is 5. The molecule has 6 nitrogen and oxygen atoms in total. The molecule has 25 heavy (non-hydrogen) atoms. The fourth-order valence-corrected chi connectivity index (χ4v) is 2.76.